The van der Waals surface area contributed by atoms with Crippen molar-refractivity contribution in [2.75, 3.05) is 13.2 Å². The average molecular weight is 276 g/mol. The lowest BCUT2D eigenvalue weighted by Crippen LogP contribution is -2.25. The van der Waals surface area contributed by atoms with Crippen molar-refractivity contribution in [1.29, 1.82) is 0 Å². The Kier molecular flexibility index (Phi) is 4.66. The number of nitrogens with one attached hydrogen (secondary N) is 2. The number of hydrogen-bond acceptors (Lipinski definition) is 5. The summed E-state index contributed by atoms with van der Waals surface area (Å²) in [6.07, 6.45) is 2.04. The summed E-state index contributed by atoms with van der Waals surface area (Å²) in [7, 11) is 0. The van der Waals surface area contributed by atoms with Crippen LogP contribution < -0.4 is 5.32 Å². The van der Waals surface area contributed by atoms with E-state index >= 15 is 0 Å². The fourth-order valence-electron chi connectivity index (χ4n) is 1.40. The topological polar surface area (TPSA) is 90.9 Å². The van der Waals surface area contributed by atoms with Gasteiger partial charge in [0.05, 0.1) is 10.4 Å². The third-order valence-corrected chi connectivity index (χ3v) is 3.11. The Labute approximate surface area is 113 Å². The molecular formula is C12H12N4O2S. The van der Waals surface area contributed by atoms with Gasteiger partial charge in [-0.2, -0.15) is 5.10 Å². The van der Waals surface area contributed by atoms with Crippen LogP contribution in [0.3, 0.4) is 0 Å². The van der Waals surface area contributed by atoms with Gasteiger partial charge in [-0.1, -0.05) is 11.8 Å². The van der Waals surface area contributed by atoms with Crippen molar-refractivity contribution in [1.82, 2.24) is 20.5 Å². The molecule has 0 aliphatic carbocycles. The summed E-state index contributed by atoms with van der Waals surface area (Å²) in [6, 6.07) is 1.71. The molecule has 0 atom stereocenters. The smallest absolute Gasteiger partial charge is 0.252 e. The molecule has 6 nitrogen and oxygen atoms in total. The molecule has 0 aliphatic rings. The zero-order chi connectivity index (χ0) is 13.5. The average Bonchev–Trinajstić information content (AvgIpc) is 3.07. The molecule has 0 saturated carbocycles. The van der Waals surface area contributed by atoms with Crippen molar-refractivity contribution in [3.63, 3.8) is 0 Å². The van der Waals surface area contributed by atoms with Gasteiger partial charge < -0.3 is 10.4 Å². The zero-order valence-corrected chi connectivity index (χ0v) is 10.8. The summed E-state index contributed by atoms with van der Waals surface area (Å²) >= 11 is 1.37. The molecule has 2 rings (SSSR count). The number of carbonyl (C=O) groups excluding carboxylic acids is 1. The molecule has 0 aromatic carbocycles. The second-order valence-corrected chi connectivity index (χ2v) is 4.51. The SMILES string of the molecule is O=C(NCCc1ncn[nH]1)c1csc(C#CCO)c1. The van der Waals surface area contributed by atoms with Gasteiger partial charge in [0.2, 0.25) is 0 Å². The van der Waals surface area contributed by atoms with Crippen molar-refractivity contribution in [2.24, 2.45) is 0 Å². The molecule has 2 heterocycles. The second-order valence-electron chi connectivity index (χ2n) is 3.60. The monoisotopic (exact) mass is 276 g/mol. The highest BCUT2D eigenvalue weighted by Gasteiger charge is 2.07. The number of aromatic amines is 1. The van der Waals surface area contributed by atoms with Gasteiger partial charge in [-0.05, 0) is 6.07 Å². The van der Waals surface area contributed by atoms with E-state index in [0.29, 0.717) is 18.5 Å². The Balaban J connectivity index is 1.84. The van der Waals surface area contributed by atoms with Crippen LogP contribution in [0.15, 0.2) is 17.8 Å². The highest BCUT2D eigenvalue weighted by Crippen LogP contribution is 2.13. The second kappa shape index (κ2) is 6.68. The molecule has 2 aromatic rings. The predicted octanol–water partition coefficient (Wildman–Crippen LogP) is 0.182. The van der Waals surface area contributed by atoms with Crippen LogP contribution in [0.2, 0.25) is 0 Å². The third kappa shape index (κ3) is 3.91. The van der Waals surface area contributed by atoms with Crippen molar-refractivity contribution in [2.45, 2.75) is 6.42 Å². The third-order valence-electron chi connectivity index (χ3n) is 2.26. The van der Waals surface area contributed by atoms with Crippen LogP contribution >= 0.6 is 11.3 Å². The number of carbonyl (C=O) groups is 1. The highest BCUT2D eigenvalue weighted by atomic mass is 32.1. The van der Waals surface area contributed by atoms with Crippen LogP contribution in [0.4, 0.5) is 0 Å². The van der Waals surface area contributed by atoms with E-state index in [4.69, 9.17) is 5.11 Å². The van der Waals surface area contributed by atoms with E-state index < -0.39 is 0 Å². The number of aliphatic hydroxyl groups excluding tert-OH is 1. The van der Waals surface area contributed by atoms with Crippen LogP contribution in [-0.2, 0) is 6.42 Å². The van der Waals surface area contributed by atoms with Gasteiger partial charge >= 0.3 is 0 Å². The molecule has 0 bridgehead atoms. The first-order valence-corrected chi connectivity index (χ1v) is 6.48. The lowest BCUT2D eigenvalue weighted by atomic mass is 10.3. The molecule has 1 amide bonds. The molecule has 3 N–H and O–H groups in total. The molecule has 7 heteroatoms. The number of aliphatic hydroxyl groups is 1. The Morgan fingerprint density at radius 1 is 1.58 bits per heavy atom. The molecule has 0 saturated heterocycles. The first-order chi connectivity index (χ1) is 9.29. The molecule has 98 valence electrons. The van der Waals surface area contributed by atoms with Crippen molar-refractivity contribution >= 4 is 17.2 Å². The normalized spacial score (nSPS) is 9.74. The first-order valence-electron chi connectivity index (χ1n) is 5.60. The number of amides is 1. The van der Waals surface area contributed by atoms with Crippen LogP contribution in [0.25, 0.3) is 0 Å². The number of aromatic nitrogens is 3. The maximum Gasteiger partial charge on any atom is 0.252 e. The Morgan fingerprint density at radius 2 is 2.47 bits per heavy atom. The lowest BCUT2D eigenvalue weighted by molar-refractivity contribution is 0.0954. The van der Waals surface area contributed by atoms with Gasteiger partial charge in [0.1, 0.15) is 18.8 Å². The number of rotatable bonds is 4. The van der Waals surface area contributed by atoms with Crippen LogP contribution in [0.1, 0.15) is 21.1 Å². The molecule has 0 radical (unpaired) electrons. The van der Waals surface area contributed by atoms with Crippen molar-refractivity contribution < 1.29 is 9.90 Å². The lowest BCUT2D eigenvalue weighted by Gasteiger charge is -2.01. The van der Waals surface area contributed by atoms with E-state index in [1.54, 1.807) is 11.4 Å². The number of H-pyrrole nitrogens is 1. The fourth-order valence-corrected chi connectivity index (χ4v) is 2.15. The van der Waals surface area contributed by atoms with Gasteiger partial charge in [0, 0.05) is 18.3 Å². The van der Waals surface area contributed by atoms with E-state index in [-0.39, 0.29) is 12.5 Å². The van der Waals surface area contributed by atoms with Crippen molar-refractivity contribution in [3.8, 4) is 11.8 Å². The van der Waals surface area contributed by atoms with E-state index in [1.165, 1.54) is 17.7 Å². The molecule has 0 spiro atoms. The Bertz CT molecular complexity index is 595. The van der Waals surface area contributed by atoms with Gasteiger partial charge in [0.15, 0.2) is 0 Å². The van der Waals surface area contributed by atoms with Crippen LogP contribution in [0, 0.1) is 11.8 Å². The van der Waals surface area contributed by atoms with E-state index in [2.05, 4.69) is 32.3 Å². The van der Waals surface area contributed by atoms with Gasteiger partial charge in [-0.25, -0.2) is 4.98 Å². The molecular weight excluding hydrogens is 264 g/mol. The fraction of sp³-hybridized carbons (Fsp3) is 0.250. The molecule has 2 aromatic heterocycles. The first kappa shape index (κ1) is 13.3. The maximum absolute atomic E-state index is 11.8. The minimum atomic E-state index is -0.184. The number of hydrogen-bond donors (Lipinski definition) is 3. The zero-order valence-electron chi connectivity index (χ0n) is 10.0. The summed E-state index contributed by atoms with van der Waals surface area (Å²) in [5.74, 6) is 5.90. The summed E-state index contributed by atoms with van der Waals surface area (Å²) in [5, 5.41) is 19.6. The highest BCUT2D eigenvalue weighted by molar-refractivity contribution is 7.10. The molecule has 19 heavy (non-hydrogen) atoms. The Hall–Kier alpha value is -2.17. The molecule has 0 aliphatic heterocycles. The summed E-state index contributed by atoms with van der Waals surface area (Å²) in [6.45, 7) is 0.304. The summed E-state index contributed by atoms with van der Waals surface area (Å²) in [5.41, 5.74) is 0.574. The van der Waals surface area contributed by atoms with Gasteiger partial charge in [-0.15, -0.1) is 11.3 Å². The van der Waals surface area contributed by atoms with E-state index in [9.17, 15) is 4.79 Å². The maximum atomic E-state index is 11.8. The quantitative estimate of drug-likeness (QED) is 0.695. The van der Waals surface area contributed by atoms with E-state index in [1.807, 2.05) is 0 Å². The van der Waals surface area contributed by atoms with Gasteiger partial charge in [0.25, 0.3) is 5.91 Å². The predicted molar refractivity (Wildman–Crippen MR) is 70.7 cm³/mol. The summed E-state index contributed by atoms with van der Waals surface area (Å²) < 4.78 is 0. The number of thiophene rings is 1. The minimum absolute atomic E-state index is 0.146. The Morgan fingerprint density at radius 3 is 3.21 bits per heavy atom. The standard InChI is InChI=1S/C12H12N4O2S/c17-5-1-2-10-6-9(7-19-10)12(18)13-4-3-11-14-8-15-16-11/h6-8,17H,3-5H2,(H,13,18)(H,14,15,16). The van der Waals surface area contributed by atoms with Crippen LogP contribution in [-0.4, -0.2) is 39.3 Å². The van der Waals surface area contributed by atoms with Crippen molar-refractivity contribution in [3.05, 3.63) is 34.0 Å². The van der Waals surface area contributed by atoms with Crippen LogP contribution in [0.5, 0.6) is 0 Å². The minimum Gasteiger partial charge on any atom is -0.384 e. The number of nitrogens with zero attached hydrogens (tertiary/aromatic N) is 2. The van der Waals surface area contributed by atoms with Gasteiger partial charge in [-0.3, -0.25) is 9.89 Å². The largest absolute Gasteiger partial charge is 0.384 e. The van der Waals surface area contributed by atoms with E-state index in [0.717, 1.165) is 10.7 Å². The molecule has 0 fully saturated rings. The molecule has 0 unspecified atom stereocenters. The summed E-state index contributed by atoms with van der Waals surface area (Å²) in [4.78, 5) is 16.5.